The zero-order valence-electron chi connectivity index (χ0n) is 9.58. The molecule has 90 valence electrons. The van der Waals surface area contributed by atoms with Crippen LogP contribution in [0.15, 0.2) is 0 Å². The Kier molecular flexibility index (Phi) is 11.6. The van der Waals surface area contributed by atoms with Crippen molar-refractivity contribution < 1.29 is 14.3 Å². The van der Waals surface area contributed by atoms with E-state index in [0.717, 1.165) is 31.9 Å². The second kappa shape index (κ2) is 11.8. The highest BCUT2D eigenvalue weighted by Crippen LogP contribution is 2.02. The minimum absolute atomic E-state index is 0.116. The molecule has 0 radical (unpaired) electrons. The van der Waals surface area contributed by atoms with E-state index in [1.54, 1.807) is 18.9 Å². The molecule has 0 bridgehead atoms. The molecule has 4 nitrogen and oxygen atoms in total. The van der Waals surface area contributed by atoms with Gasteiger partial charge in [-0.15, -0.1) is 0 Å². The summed E-state index contributed by atoms with van der Waals surface area (Å²) < 4.78 is 9.71. The summed E-state index contributed by atoms with van der Waals surface area (Å²) in [5.74, 6) is 1.33. The van der Waals surface area contributed by atoms with Gasteiger partial charge in [0.15, 0.2) is 0 Å². The van der Waals surface area contributed by atoms with Crippen LogP contribution in [0.4, 0.5) is 0 Å². The largest absolute Gasteiger partial charge is 0.465 e. The van der Waals surface area contributed by atoms with E-state index in [2.05, 4.69) is 5.32 Å². The molecule has 0 aliphatic carbocycles. The van der Waals surface area contributed by atoms with E-state index in [-0.39, 0.29) is 5.97 Å². The normalized spacial score (nSPS) is 10.3. The molecule has 1 N–H and O–H groups in total. The Labute approximate surface area is 96.1 Å². The maximum atomic E-state index is 10.9. The van der Waals surface area contributed by atoms with Crippen molar-refractivity contribution in [2.75, 3.05) is 44.9 Å². The lowest BCUT2D eigenvalue weighted by Crippen LogP contribution is -2.20. The van der Waals surface area contributed by atoms with Crippen LogP contribution in [0.1, 0.15) is 13.3 Å². The lowest BCUT2D eigenvalue weighted by Gasteiger charge is -2.04. The van der Waals surface area contributed by atoms with Gasteiger partial charge in [0.05, 0.1) is 19.0 Å². The predicted octanol–water partition coefficient (Wildman–Crippen LogP) is 0.909. The van der Waals surface area contributed by atoms with E-state index < -0.39 is 0 Å². The van der Waals surface area contributed by atoms with Crippen molar-refractivity contribution in [2.24, 2.45) is 0 Å². The van der Waals surface area contributed by atoms with Crippen LogP contribution in [0, 0.1) is 0 Å². The monoisotopic (exact) mass is 235 g/mol. The zero-order valence-corrected chi connectivity index (χ0v) is 10.4. The fourth-order valence-electron chi connectivity index (χ4n) is 0.957. The molecule has 15 heavy (non-hydrogen) atoms. The fourth-order valence-corrected chi connectivity index (χ4v) is 1.70. The van der Waals surface area contributed by atoms with Crippen molar-refractivity contribution in [3.63, 3.8) is 0 Å². The van der Waals surface area contributed by atoms with Gasteiger partial charge in [0, 0.05) is 13.7 Å². The number of thioether (sulfide) groups is 1. The summed E-state index contributed by atoms with van der Waals surface area (Å²) in [6, 6.07) is 0. The molecule has 0 aliphatic rings. The Hall–Kier alpha value is -0.260. The van der Waals surface area contributed by atoms with Crippen molar-refractivity contribution in [3.8, 4) is 0 Å². The third-order valence-electron chi connectivity index (χ3n) is 1.65. The fraction of sp³-hybridized carbons (Fsp3) is 0.900. The van der Waals surface area contributed by atoms with E-state index >= 15 is 0 Å². The summed E-state index contributed by atoms with van der Waals surface area (Å²) in [5, 5.41) is 3.25. The second-order valence-electron chi connectivity index (χ2n) is 2.95. The first-order chi connectivity index (χ1) is 7.31. The Morgan fingerprint density at radius 3 is 2.87 bits per heavy atom. The lowest BCUT2D eigenvalue weighted by molar-refractivity contribution is -0.139. The summed E-state index contributed by atoms with van der Waals surface area (Å²) >= 11 is 1.62. The molecule has 0 rings (SSSR count). The lowest BCUT2D eigenvalue weighted by atomic mass is 10.5. The third kappa shape index (κ3) is 11.7. The molecule has 0 saturated carbocycles. The first-order valence-corrected chi connectivity index (χ1v) is 6.39. The molecule has 0 saturated heterocycles. The van der Waals surface area contributed by atoms with Gasteiger partial charge in [-0.2, -0.15) is 11.8 Å². The van der Waals surface area contributed by atoms with Crippen LogP contribution in [-0.4, -0.2) is 50.9 Å². The van der Waals surface area contributed by atoms with Crippen molar-refractivity contribution in [1.29, 1.82) is 0 Å². The number of carbonyl (C=O) groups excluding carboxylic acids is 1. The smallest absolute Gasteiger partial charge is 0.315 e. The van der Waals surface area contributed by atoms with Crippen molar-refractivity contribution in [1.82, 2.24) is 5.32 Å². The van der Waals surface area contributed by atoms with E-state index in [1.165, 1.54) is 0 Å². The highest BCUT2D eigenvalue weighted by Gasteiger charge is 2.00. The first-order valence-electron chi connectivity index (χ1n) is 5.24. The van der Waals surface area contributed by atoms with Gasteiger partial charge in [0.2, 0.25) is 0 Å². The molecule has 0 amide bonds. The molecular formula is C10H21NO3S. The van der Waals surface area contributed by atoms with Crippen LogP contribution in [-0.2, 0) is 14.3 Å². The first kappa shape index (κ1) is 14.7. The Balaban J connectivity index is 3.01. The van der Waals surface area contributed by atoms with Gasteiger partial charge in [-0.25, -0.2) is 0 Å². The van der Waals surface area contributed by atoms with Gasteiger partial charge >= 0.3 is 5.97 Å². The maximum Gasteiger partial charge on any atom is 0.315 e. The van der Waals surface area contributed by atoms with Crippen LogP contribution in [0.5, 0.6) is 0 Å². The minimum atomic E-state index is -0.116. The van der Waals surface area contributed by atoms with Crippen molar-refractivity contribution >= 4 is 17.7 Å². The minimum Gasteiger partial charge on any atom is -0.465 e. The molecule has 0 aliphatic heterocycles. The van der Waals surface area contributed by atoms with E-state index in [4.69, 9.17) is 9.47 Å². The molecule has 0 heterocycles. The Morgan fingerprint density at radius 2 is 2.20 bits per heavy atom. The van der Waals surface area contributed by atoms with Crippen LogP contribution >= 0.6 is 11.8 Å². The van der Waals surface area contributed by atoms with Gasteiger partial charge < -0.3 is 14.8 Å². The number of methoxy groups -OCH3 is 1. The molecule has 0 fully saturated rings. The molecule has 0 aromatic heterocycles. The zero-order chi connectivity index (χ0) is 11.4. The topological polar surface area (TPSA) is 47.6 Å². The molecule has 0 unspecified atom stereocenters. The number of ether oxygens (including phenoxy) is 2. The predicted molar refractivity (Wildman–Crippen MR) is 63.3 cm³/mol. The summed E-state index contributed by atoms with van der Waals surface area (Å²) in [6.45, 7) is 4.90. The number of esters is 1. The van der Waals surface area contributed by atoms with Gasteiger partial charge in [-0.05, 0) is 25.6 Å². The van der Waals surface area contributed by atoms with Crippen LogP contribution < -0.4 is 5.32 Å². The molecule has 5 heteroatoms. The van der Waals surface area contributed by atoms with Crippen molar-refractivity contribution in [2.45, 2.75) is 13.3 Å². The number of hydrogen-bond acceptors (Lipinski definition) is 5. The van der Waals surface area contributed by atoms with Gasteiger partial charge in [-0.1, -0.05) is 0 Å². The molecule has 0 spiro atoms. The van der Waals surface area contributed by atoms with Gasteiger partial charge in [-0.3, -0.25) is 4.79 Å². The van der Waals surface area contributed by atoms with E-state index in [1.807, 2.05) is 6.92 Å². The maximum absolute atomic E-state index is 10.9. The van der Waals surface area contributed by atoms with Gasteiger partial charge in [0.25, 0.3) is 0 Å². The second-order valence-corrected chi connectivity index (χ2v) is 4.06. The number of hydrogen-bond donors (Lipinski definition) is 1. The number of nitrogens with one attached hydrogen (secondary N) is 1. The number of rotatable bonds is 10. The van der Waals surface area contributed by atoms with Gasteiger partial charge in [0.1, 0.15) is 0 Å². The Bertz CT molecular complexity index is 156. The molecular weight excluding hydrogens is 214 g/mol. The molecule has 0 aromatic carbocycles. The van der Waals surface area contributed by atoms with Crippen molar-refractivity contribution in [3.05, 3.63) is 0 Å². The van der Waals surface area contributed by atoms with E-state index in [0.29, 0.717) is 12.4 Å². The summed E-state index contributed by atoms with van der Waals surface area (Å²) in [4.78, 5) is 10.9. The number of carbonyl (C=O) groups is 1. The van der Waals surface area contributed by atoms with Crippen LogP contribution in [0.25, 0.3) is 0 Å². The third-order valence-corrected chi connectivity index (χ3v) is 2.67. The Morgan fingerprint density at radius 1 is 1.40 bits per heavy atom. The SMILES string of the molecule is CCOC(=O)CSCCCNCCOC. The molecule has 0 atom stereocenters. The summed E-state index contributed by atoms with van der Waals surface area (Å²) in [6.07, 6.45) is 1.06. The van der Waals surface area contributed by atoms with Crippen LogP contribution in [0.2, 0.25) is 0 Å². The summed E-state index contributed by atoms with van der Waals surface area (Å²) in [7, 11) is 1.69. The highest BCUT2D eigenvalue weighted by atomic mass is 32.2. The average molecular weight is 235 g/mol. The van der Waals surface area contributed by atoms with Crippen LogP contribution in [0.3, 0.4) is 0 Å². The highest BCUT2D eigenvalue weighted by molar-refractivity contribution is 7.99. The summed E-state index contributed by atoms with van der Waals surface area (Å²) in [5.41, 5.74) is 0. The standard InChI is InChI=1S/C10H21NO3S/c1-3-14-10(12)9-15-8-4-5-11-6-7-13-2/h11H,3-9H2,1-2H3. The molecule has 0 aromatic rings. The quantitative estimate of drug-likeness (QED) is 0.450. The average Bonchev–Trinajstić information content (AvgIpc) is 2.22. The van der Waals surface area contributed by atoms with E-state index in [9.17, 15) is 4.79 Å².